The van der Waals surface area contributed by atoms with Crippen LogP contribution in [0.1, 0.15) is 32.1 Å². The summed E-state index contributed by atoms with van der Waals surface area (Å²) < 4.78 is 70.2. The van der Waals surface area contributed by atoms with Gasteiger partial charge in [0, 0.05) is 5.41 Å². The van der Waals surface area contributed by atoms with Crippen LogP contribution in [0.4, 0.5) is 13.2 Å². The molecular formula is C11H15F3O5S. The molecule has 0 radical (unpaired) electrons. The Labute approximate surface area is 113 Å². The number of hydrogen-bond acceptors (Lipinski definition) is 4. The van der Waals surface area contributed by atoms with E-state index in [2.05, 4.69) is 0 Å². The van der Waals surface area contributed by atoms with Crippen LogP contribution in [0.5, 0.6) is 0 Å². The van der Waals surface area contributed by atoms with Crippen LogP contribution in [-0.4, -0.2) is 41.1 Å². The second-order valence-electron chi connectivity index (χ2n) is 5.42. The summed E-state index contributed by atoms with van der Waals surface area (Å²) in [5, 5.41) is 19.9. The van der Waals surface area contributed by atoms with Crippen molar-refractivity contribution >= 4 is 10.1 Å². The molecule has 0 bridgehead atoms. The number of rotatable bonds is 1. The zero-order valence-corrected chi connectivity index (χ0v) is 11.2. The van der Waals surface area contributed by atoms with Crippen LogP contribution in [0.3, 0.4) is 0 Å². The minimum absolute atomic E-state index is 0.203. The van der Waals surface area contributed by atoms with Crippen molar-refractivity contribution in [3.63, 3.8) is 0 Å². The first-order chi connectivity index (χ1) is 8.94. The SMILES string of the molecule is O=S(=O)(O)C1=CCC2(CC1)C(O)CCC2(O)C(F)(F)F. The topological polar surface area (TPSA) is 94.8 Å². The third-order valence-corrected chi connectivity index (χ3v) is 5.59. The molecule has 3 unspecified atom stereocenters. The van der Waals surface area contributed by atoms with E-state index in [0.29, 0.717) is 0 Å². The van der Waals surface area contributed by atoms with Gasteiger partial charge in [-0.15, -0.1) is 0 Å². The molecule has 0 heterocycles. The quantitative estimate of drug-likeness (QED) is 0.635. The molecule has 3 atom stereocenters. The first-order valence-corrected chi connectivity index (χ1v) is 7.52. The van der Waals surface area contributed by atoms with Gasteiger partial charge in [0.1, 0.15) is 0 Å². The minimum Gasteiger partial charge on any atom is -0.392 e. The van der Waals surface area contributed by atoms with Gasteiger partial charge in [-0.05, 0) is 32.1 Å². The van der Waals surface area contributed by atoms with Crippen molar-refractivity contribution in [1.82, 2.24) is 0 Å². The Morgan fingerprint density at radius 3 is 2.30 bits per heavy atom. The minimum atomic E-state index is -4.91. The maximum absolute atomic E-state index is 13.1. The molecule has 0 aromatic rings. The van der Waals surface area contributed by atoms with Gasteiger partial charge in [-0.3, -0.25) is 4.55 Å². The molecule has 1 spiro atoms. The summed E-state index contributed by atoms with van der Waals surface area (Å²) in [7, 11) is -4.45. The Morgan fingerprint density at radius 1 is 1.30 bits per heavy atom. The Hall–Kier alpha value is -0.640. The molecule has 2 rings (SSSR count). The number of aliphatic hydroxyl groups is 2. The van der Waals surface area contributed by atoms with E-state index in [1.165, 1.54) is 0 Å². The molecule has 0 saturated heterocycles. The van der Waals surface area contributed by atoms with Crippen molar-refractivity contribution in [1.29, 1.82) is 0 Å². The highest BCUT2D eigenvalue weighted by Crippen LogP contribution is 2.60. The summed E-state index contributed by atoms with van der Waals surface area (Å²) in [6.45, 7) is 0. The smallest absolute Gasteiger partial charge is 0.392 e. The van der Waals surface area contributed by atoms with Gasteiger partial charge in [0.2, 0.25) is 0 Å². The lowest BCUT2D eigenvalue weighted by Crippen LogP contribution is -2.58. The fourth-order valence-electron chi connectivity index (χ4n) is 3.33. The third kappa shape index (κ3) is 2.07. The van der Waals surface area contributed by atoms with Gasteiger partial charge in [0.15, 0.2) is 5.60 Å². The van der Waals surface area contributed by atoms with Crippen LogP contribution in [-0.2, 0) is 10.1 Å². The second kappa shape index (κ2) is 4.43. The molecular weight excluding hydrogens is 301 g/mol. The maximum Gasteiger partial charge on any atom is 0.417 e. The normalized spacial score (nSPS) is 39.1. The molecule has 0 aromatic carbocycles. The van der Waals surface area contributed by atoms with Crippen LogP contribution in [0, 0.1) is 5.41 Å². The number of alkyl halides is 3. The molecule has 116 valence electrons. The molecule has 0 aliphatic heterocycles. The van der Waals surface area contributed by atoms with Crippen LogP contribution in [0.2, 0.25) is 0 Å². The van der Waals surface area contributed by atoms with E-state index in [0.717, 1.165) is 6.08 Å². The van der Waals surface area contributed by atoms with Gasteiger partial charge in [-0.25, -0.2) is 0 Å². The summed E-state index contributed by atoms with van der Waals surface area (Å²) in [4.78, 5) is -0.369. The van der Waals surface area contributed by atoms with Crippen molar-refractivity contribution in [2.75, 3.05) is 0 Å². The van der Waals surface area contributed by atoms with Crippen LogP contribution >= 0.6 is 0 Å². The maximum atomic E-state index is 13.1. The van der Waals surface area contributed by atoms with Gasteiger partial charge in [-0.1, -0.05) is 6.08 Å². The number of halogens is 3. The summed E-state index contributed by atoms with van der Waals surface area (Å²) in [6, 6.07) is 0. The van der Waals surface area contributed by atoms with E-state index in [9.17, 15) is 31.8 Å². The van der Waals surface area contributed by atoms with Gasteiger partial charge in [0.25, 0.3) is 10.1 Å². The van der Waals surface area contributed by atoms with E-state index >= 15 is 0 Å². The Kier molecular flexibility index (Phi) is 3.48. The van der Waals surface area contributed by atoms with Crippen LogP contribution < -0.4 is 0 Å². The van der Waals surface area contributed by atoms with E-state index in [4.69, 9.17) is 4.55 Å². The highest BCUT2D eigenvalue weighted by molar-refractivity contribution is 7.89. The van der Waals surface area contributed by atoms with Gasteiger partial charge < -0.3 is 10.2 Å². The molecule has 1 fully saturated rings. The zero-order valence-electron chi connectivity index (χ0n) is 10.4. The van der Waals surface area contributed by atoms with Crippen molar-refractivity contribution in [2.45, 2.75) is 50.0 Å². The average Bonchev–Trinajstić information content (AvgIpc) is 2.55. The lowest BCUT2D eigenvalue weighted by molar-refractivity contribution is -0.302. The predicted octanol–water partition coefficient (Wildman–Crippen LogP) is 1.38. The summed E-state index contributed by atoms with van der Waals surface area (Å²) in [5.41, 5.74) is -4.89. The van der Waals surface area contributed by atoms with Crippen molar-refractivity contribution < 1.29 is 36.4 Å². The zero-order chi connectivity index (χ0) is 15.4. The van der Waals surface area contributed by atoms with Crippen LogP contribution in [0.15, 0.2) is 11.0 Å². The Balaban J connectivity index is 2.42. The Bertz CT molecular complexity index is 541. The average molecular weight is 316 g/mol. The van der Waals surface area contributed by atoms with Crippen molar-refractivity contribution in [2.24, 2.45) is 5.41 Å². The molecule has 20 heavy (non-hydrogen) atoms. The highest BCUT2D eigenvalue weighted by atomic mass is 32.2. The van der Waals surface area contributed by atoms with Crippen LogP contribution in [0.25, 0.3) is 0 Å². The molecule has 1 saturated carbocycles. The lowest BCUT2D eigenvalue weighted by atomic mass is 9.65. The fourth-order valence-corrected chi connectivity index (χ4v) is 3.98. The molecule has 5 nitrogen and oxygen atoms in total. The summed E-state index contributed by atoms with van der Waals surface area (Å²) in [5.74, 6) is 0. The van der Waals surface area contributed by atoms with Gasteiger partial charge in [-0.2, -0.15) is 21.6 Å². The van der Waals surface area contributed by atoms with Crippen molar-refractivity contribution in [3.05, 3.63) is 11.0 Å². The first kappa shape index (κ1) is 15.7. The molecule has 2 aliphatic carbocycles. The molecule has 3 N–H and O–H groups in total. The molecule has 0 amide bonds. The Morgan fingerprint density at radius 2 is 1.90 bits per heavy atom. The molecule has 0 aromatic heterocycles. The largest absolute Gasteiger partial charge is 0.417 e. The molecule has 2 aliphatic rings. The first-order valence-electron chi connectivity index (χ1n) is 6.08. The van der Waals surface area contributed by atoms with Gasteiger partial charge >= 0.3 is 6.18 Å². The van der Waals surface area contributed by atoms with E-state index in [-0.39, 0.29) is 24.2 Å². The number of aliphatic hydroxyl groups excluding tert-OH is 1. The number of hydrogen-bond donors (Lipinski definition) is 3. The fraction of sp³-hybridized carbons (Fsp3) is 0.818. The summed E-state index contributed by atoms with van der Waals surface area (Å²) in [6.07, 6.45) is -7.27. The number of allylic oxidation sites excluding steroid dienone is 2. The molecule has 9 heteroatoms. The van der Waals surface area contributed by atoms with Crippen molar-refractivity contribution in [3.8, 4) is 0 Å². The van der Waals surface area contributed by atoms with E-state index in [1.807, 2.05) is 0 Å². The standard InChI is InChI=1S/C11H15F3O5S/c12-11(13,14)10(16)6-3-8(15)9(10)4-1-7(2-5-9)20(17,18)19/h1,8,15-16H,2-6H2,(H,17,18,19). The lowest BCUT2D eigenvalue weighted by Gasteiger charge is -2.46. The summed E-state index contributed by atoms with van der Waals surface area (Å²) >= 11 is 0. The third-order valence-electron chi connectivity index (χ3n) is 4.55. The van der Waals surface area contributed by atoms with E-state index < -0.39 is 46.3 Å². The van der Waals surface area contributed by atoms with Gasteiger partial charge in [0.05, 0.1) is 11.0 Å². The van der Waals surface area contributed by atoms with E-state index in [1.54, 1.807) is 0 Å². The second-order valence-corrected chi connectivity index (χ2v) is 6.89. The highest BCUT2D eigenvalue weighted by Gasteiger charge is 2.71. The predicted molar refractivity (Wildman–Crippen MR) is 62.2 cm³/mol. The monoisotopic (exact) mass is 316 g/mol.